The second kappa shape index (κ2) is 8.47. The van der Waals surface area contributed by atoms with Crippen LogP contribution in [0.1, 0.15) is 34.6 Å². The first-order valence-electron chi connectivity index (χ1n) is 6.71. The third-order valence-corrected chi connectivity index (χ3v) is 2.89. The van der Waals surface area contributed by atoms with Crippen LogP contribution in [0.5, 0.6) is 0 Å². The number of rotatable bonds is 5. The number of imide groups is 1. The molecule has 20 heavy (non-hydrogen) atoms. The Kier molecular flexibility index (Phi) is 7.76. The number of amides is 2. The summed E-state index contributed by atoms with van der Waals surface area (Å²) in [4.78, 5) is 34.5. The van der Waals surface area contributed by atoms with Crippen LogP contribution in [0.2, 0.25) is 0 Å². The molecule has 0 radical (unpaired) electrons. The minimum Gasteiger partial charge on any atom is -0.480 e. The summed E-state index contributed by atoms with van der Waals surface area (Å²) in [5, 5.41) is 8.24. The number of hydrogen-bond acceptors (Lipinski definition) is 4. The van der Waals surface area contributed by atoms with Gasteiger partial charge in [-0.1, -0.05) is 6.92 Å². The van der Waals surface area contributed by atoms with Gasteiger partial charge in [0.15, 0.2) is 0 Å². The maximum Gasteiger partial charge on any atom is 0.323 e. The zero-order valence-electron chi connectivity index (χ0n) is 12.8. The average Bonchev–Trinajstić information content (AvgIpc) is 2.61. The van der Waals surface area contributed by atoms with E-state index in [9.17, 15) is 14.4 Å². The fourth-order valence-electron chi connectivity index (χ4n) is 2.05. The van der Waals surface area contributed by atoms with E-state index in [2.05, 4.69) is 39.5 Å². The largest absolute Gasteiger partial charge is 0.480 e. The van der Waals surface area contributed by atoms with Crippen molar-refractivity contribution in [2.24, 2.45) is 0 Å². The van der Waals surface area contributed by atoms with Crippen LogP contribution in [0, 0.1) is 0 Å². The van der Waals surface area contributed by atoms with E-state index in [1.54, 1.807) is 0 Å². The summed E-state index contributed by atoms with van der Waals surface area (Å²) >= 11 is 0. The van der Waals surface area contributed by atoms with Gasteiger partial charge in [0, 0.05) is 24.2 Å². The zero-order valence-corrected chi connectivity index (χ0v) is 12.8. The Morgan fingerprint density at radius 3 is 1.75 bits per heavy atom. The zero-order chi connectivity index (χ0) is 15.9. The lowest BCUT2D eigenvalue weighted by Crippen LogP contribution is -2.36. The molecule has 0 saturated carbocycles. The lowest BCUT2D eigenvalue weighted by molar-refractivity contribution is -0.147. The second-order valence-corrected chi connectivity index (χ2v) is 5.01. The van der Waals surface area contributed by atoms with E-state index in [0.29, 0.717) is 17.0 Å². The van der Waals surface area contributed by atoms with Crippen molar-refractivity contribution >= 4 is 17.8 Å². The van der Waals surface area contributed by atoms with Gasteiger partial charge in [0.25, 0.3) is 11.8 Å². The van der Waals surface area contributed by atoms with Crippen LogP contribution in [0.25, 0.3) is 0 Å². The number of carboxylic acid groups (broad SMARTS) is 1. The highest BCUT2D eigenvalue weighted by Crippen LogP contribution is 2.02. The van der Waals surface area contributed by atoms with E-state index in [1.807, 2.05) is 0 Å². The lowest BCUT2D eigenvalue weighted by atomic mass is 10.2. The molecule has 0 atom stereocenters. The normalized spacial score (nSPS) is 14.3. The van der Waals surface area contributed by atoms with Crippen LogP contribution in [0.15, 0.2) is 12.2 Å². The summed E-state index contributed by atoms with van der Waals surface area (Å²) in [6.07, 6.45) is 2.09. The molecule has 1 aliphatic rings. The summed E-state index contributed by atoms with van der Waals surface area (Å²) in [6, 6.07) is 1.38. The lowest BCUT2D eigenvalue weighted by Gasteiger charge is -2.28. The van der Waals surface area contributed by atoms with Crippen LogP contribution in [-0.4, -0.2) is 57.9 Å². The number of hydrogen-bond donors (Lipinski definition) is 1. The molecule has 114 valence electrons. The molecule has 0 aliphatic carbocycles. The first-order valence-corrected chi connectivity index (χ1v) is 6.71. The van der Waals surface area contributed by atoms with Crippen molar-refractivity contribution in [1.29, 1.82) is 0 Å². The van der Waals surface area contributed by atoms with Crippen molar-refractivity contribution in [3.05, 3.63) is 12.2 Å². The summed E-state index contributed by atoms with van der Waals surface area (Å²) < 4.78 is 0. The number of aliphatic carboxylic acids is 1. The molecule has 1 rings (SSSR count). The first kappa shape index (κ1) is 18.3. The minimum atomic E-state index is -1.20. The Bertz CT molecular complexity index is 363. The Balaban J connectivity index is 0.000000370. The fourth-order valence-corrected chi connectivity index (χ4v) is 2.05. The van der Waals surface area contributed by atoms with Crippen molar-refractivity contribution in [3.63, 3.8) is 0 Å². The molecule has 6 nitrogen and oxygen atoms in total. The molecule has 0 aromatic carbocycles. The third-order valence-electron chi connectivity index (χ3n) is 2.89. The summed E-state index contributed by atoms with van der Waals surface area (Å²) in [6.45, 7) is 11.8. The molecule has 1 aliphatic heterocycles. The van der Waals surface area contributed by atoms with Crippen LogP contribution in [-0.2, 0) is 14.4 Å². The molecule has 1 N–H and O–H groups in total. The Hall–Kier alpha value is -1.69. The van der Waals surface area contributed by atoms with E-state index >= 15 is 0 Å². The van der Waals surface area contributed by atoms with Crippen molar-refractivity contribution < 1.29 is 19.5 Å². The monoisotopic (exact) mass is 284 g/mol. The fraction of sp³-hybridized carbons (Fsp3) is 0.643. The Labute approximate surface area is 120 Å². The van der Waals surface area contributed by atoms with Crippen molar-refractivity contribution in [3.8, 4) is 0 Å². The summed E-state index contributed by atoms with van der Waals surface area (Å²) in [7, 11) is 0. The van der Waals surface area contributed by atoms with Crippen molar-refractivity contribution in [1.82, 2.24) is 9.80 Å². The maximum atomic E-state index is 10.7. The van der Waals surface area contributed by atoms with E-state index in [4.69, 9.17) is 5.11 Å². The van der Waals surface area contributed by atoms with Gasteiger partial charge in [-0.25, -0.2) is 0 Å². The predicted octanol–water partition coefficient (Wildman–Crippen LogP) is 1.12. The SMILES string of the molecule is CCN(C(C)C)C(C)C.O=C(O)CN1C(=O)C=CC1=O. The van der Waals surface area contributed by atoms with Gasteiger partial charge in [-0.15, -0.1) is 0 Å². The molecule has 0 unspecified atom stereocenters. The Morgan fingerprint density at radius 2 is 1.55 bits per heavy atom. The highest BCUT2D eigenvalue weighted by atomic mass is 16.4. The number of carbonyl (C=O) groups excluding carboxylic acids is 2. The van der Waals surface area contributed by atoms with Crippen LogP contribution >= 0.6 is 0 Å². The first-order chi connectivity index (χ1) is 9.20. The number of carbonyl (C=O) groups is 3. The van der Waals surface area contributed by atoms with Gasteiger partial charge in [-0.05, 0) is 34.2 Å². The average molecular weight is 284 g/mol. The third kappa shape index (κ3) is 5.97. The highest BCUT2D eigenvalue weighted by molar-refractivity contribution is 6.14. The Morgan fingerprint density at radius 1 is 1.15 bits per heavy atom. The summed E-state index contributed by atoms with van der Waals surface area (Å²) in [5.74, 6) is -2.34. The second-order valence-electron chi connectivity index (χ2n) is 5.01. The smallest absolute Gasteiger partial charge is 0.323 e. The van der Waals surface area contributed by atoms with Gasteiger partial charge in [0.2, 0.25) is 0 Å². The molecule has 0 aromatic heterocycles. The van der Waals surface area contributed by atoms with Gasteiger partial charge < -0.3 is 5.11 Å². The van der Waals surface area contributed by atoms with Crippen molar-refractivity contribution in [2.45, 2.75) is 46.7 Å². The van der Waals surface area contributed by atoms with Crippen LogP contribution < -0.4 is 0 Å². The maximum absolute atomic E-state index is 10.7. The molecule has 0 spiro atoms. The van der Waals surface area contributed by atoms with Gasteiger partial charge in [-0.3, -0.25) is 24.2 Å². The van der Waals surface area contributed by atoms with Gasteiger partial charge in [0.05, 0.1) is 0 Å². The van der Waals surface area contributed by atoms with E-state index in [0.717, 1.165) is 18.7 Å². The van der Waals surface area contributed by atoms with E-state index < -0.39 is 24.3 Å². The standard InChI is InChI=1S/C8H19N.C6H5NO4/c1-6-9(7(2)3)8(4)5;8-4-1-2-5(9)7(4)3-6(10)11/h7-8H,6H2,1-5H3;1-2H,3H2,(H,10,11). The van der Waals surface area contributed by atoms with E-state index in [1.165, 1.54) is 0 Å². The number of carboxylic acids is 1. The van der Waals surface area contributed by atoms with Gasteiger partial charge in [0.1, 0.15) is 6.54 Å². The van der Waals surface area contributed by atoms with Gasteiger partial charge in [-0.2, -0.15) is 0 Å². The molecule has 0 bridgehead atoms. The summed E-state index contributed by atoms with van der Waals surface area (Å²) in [5.41, 5.74) is 0. The quantitative estimate of drug-likeness (QED) is 0.765. The molecule has 0 aromatic rings. The van der Waals surface area contributed by atoms with Crippen molar-refractivity contribution in [2.75, 3.05) is 13.1 Å². The molecule has 1 heterocycles. The van der Waals surface area contributed by atoms with Crippen LogP contribution in [0.4, 0.5) is 0 Å². The minimum absolute atomic E-state index is 0.565. The molecule has 0 saturated heterocycles. The molecular weight excluding hydrogens is 260 g/mol. The molecule has 6 heteroatoms. The van der Waals surface area contributed by atoms with E-state index in [-0.39, 0.29) is 0 Å². The van der Waals surface area contributed by atoms with Gasteiger partial charge >= 0.3 is 5.97 Å². The molecule has 2 amide bonds. The van der Waals surface area contributed by atoms with Crippen LogP contribution in [0.3, 0.4) is 0 Å². The molecular formula is C14H24N2O4. The predicted molar refractivity (Wildman–Crippen MR) is 76.1 cm³/mol. The highest BCUT2D eigenvalue weighted by Gasteiger charge is 2.24. The topological polar surface area (TPSA) is 77.9 Å². The number of nitrogens with zero attached hydrogens (tertiary/aromatic N) is 2. The molecule has 0 fully saturated rings.